The molecule has 0 atom stereocenters. The highest BCUT2D eigenvalue weighted by molar-refractivity contribution is 7.99. The molecule has 2 N–H and O–H groups in total. The van der Waals surface area contributed by atoms with Crippen LogP contribution in [0, 0.1) is 5.92 Å². The summed E-state index contributed by atoms with van der Waals surface area (Å²) < 4.78 is 2.21. The summed E-state index contributed by atoms with van der Waals surface area (Å²) in [5, 5.41) is 0. The molecular weight excluding hydrogens is 242 g/mol. The van der Waals surface area contributed by atoms with Crippen molar-refractivity contribution in [3.8, 4) is 0 Å². The van der Waals surface area contributed by atoms with Crippen LogP contribution < -0.4 is 5.73 Å². The summed E-state index contributed by atoms with van der Waals surface area (Å²) in [5.41, 5.74) is 7.35. The number of nitrogen functional groups attached to an aromatic ring is 1. The van der Waals surface area contributed by atoms with Crippen molar-refractivity contribution in [3.63, 3.8) is 0 Å². The maximum absolute atomic E-state index is 6.26. The van der Waals surface area contributed by atoms with Gasteiger partial charge in [-0.1, -0.05) is 34.6 Å². The first kappa shape index (κ1) is 15.4. The maximum Gasteiger partial charge on any atom is 0.126 e. The fraction of sp³-hybridized carbons (Fsp3) is 0.786. The topological polar surface area (TPSA) is 43.8 Å². The van der Waals surface area contributed by atoms with Gasteiger partial charge in [0.2, 0.25) is 0 Å². The van der Waals surface area contributed by atoms with Crippen LogP contribution in [0.15, 0.2) is 0 Å². The van der Waals surface area contributed by atoms with Gasteiger partial charge in [-0.05, 0) is 17.4 Å². The Kier molecular flexibility index (Phi) is 6.06. The third kappa shape index (κ3) is 3.94. The molecule has 0 radical (unpaired) electrons. The van der Waals surface area contributed by atoms with E-state index in [1.165, 1.54) is 0 Å². The summed E-state index contributed by atoms with van der Waals surface area (Å²) in [7, 11) is 0. The summed E-state index contributed by atoms with van der Waals surface area (Å²) in [4.78, 5) is 4.76. The molecule has 104 valence electrons. The Balaban J connectivity index is 2.92. The van der Waals surface area contributed by atoms with Gasteiger partial charge in [-0.25, -0.2) is 4.98 Å². The van der Waals surface area contributed by atoms with Crippen molar-refractivity contribution in [2.24, 2.45) is 5.92 Å². The van der Waals surface area contributed by atoms with E-state index in [4.69, 9.17) is 10.7 Å². The van der Waals surface area contributed by atoms with Gasteiger partial charge in [0.25, 0.3) is 0 Å². The third-order valence-corrected chi connectivity index (χ3v) is 3.77. The van der Waals surface area contributed by atoms with E-state index < -0.39 is 0 Å². The van der Waals surface area contributed by atoms with Crippen molar-refractivity contribution in [3.05, 3.63) is 11.5 Å². The number of aromatic nitrogens is 2. The molecule has 0 aliphatic carbocycles. The summed E-state index contributed by atoms with van der Waals surface area (Å²) in [6.45, 7) is 12.0. The van der Waals surface area contributed by atoms with Crippen LogP contribution in [0.2, 0.25) is 0 Å². The largest absolute Gasteiger partial charge is 0.384 e. The van der Waals surface area contributed by atoms with Crippen LogP contribution in [-0.2, 0) is 13.0 Å². The lowest BCUT2D eigenvalue weighted by Gasteiger charge is -2.14. The Morgan fingerprint density at radius 1 is 1.28 bits per heavy atom. The van der Waals surface area contributed by atoms with Gasteiger partial charge in [-0.15, -0.1) is 0 Å². The van der Waals surface area contributed by atoms with Crippen LogP contribution in [0.5, 0.6) is 0 Å². The Hall–Kier alpha value is -0.640. The molecule has 0 spiro atoms. The number of hydrogen-bond donors (Lipinski definition) is 1. The van der Waals surface area contributed by atoms with Gasteiger partial charge in [0.05, 0.1) is 5.69 Å². The number of hydrogen-bond acceptors (Lipinski definition) is 3. The average Bonchev–Trinajstić information content (AvgIpc) is 2.57. The molecule has 1 aromatic rings. The first-order valence-electron chi connectivity index (χ1n) is 6.89. The fourth-order valence-corrected chi connectivity index (χ4v) is 2.66. The number of rotatable bonds is 7. The molecule has 0 unspecified atom stereocenters. The van der Waals surface area contributed by atoms with E-state index >= 15 is 0 Å². The molecule has 3 nitrogen and oxygen atoms in total. The molecule has 4 heteroatoms. The summed E-state index contributed by atoms with van der Waals surface area (Å²) in [5.74, 6) is 5.30. The van der Waals surface area contributed by atoms with Gasteiger partial charge in [-0.2, -0.15) is 11.8 Å². The van der Waals surface area contributed by atoms with Crippen molar-refractivity contribution in [1.82, 2.24) is 9.55 Å². The van der Waals surface area contributed by atoms with Gasteiger partial charge in [0, 0.05) is 18.9 Å². The predicted molar refractivity (Wildman–Crippen MR) is 82.3 cm³/mol. The molecular formula is C14H27N3S. The Labute approximate surface area is 116 Å². The maximum atomic E-state index is 6.26. The van der Waals surface area contributed by atoms with E-state index in [1.54, 1.807) is 0 Å². The minimum atomic E-state index is 0.429. The lowest BCUT2D eigenvalue weighted by atomic mass is 10.2. The quantitative estimate of drug-likeness (QED) is 0.770. The summed E-state index contributed by atoms with van der Waals surface area (Å²) in [6.07, 6.45) is 0.981. The van der Waals surface area contributed by atoms with Crippen LogP contribution in [0.3, 0.4) is 0 Å². The smallest absolute Gasteiger partial charge is 0.126 e. The van der Waals surface area contributed by atoms with Crippen LogP contribution in [0.1, 0.15) is 52.1 Å². The zero-order valence-corrected chi connectivity index (χ0v) is 13.2. The monoisotopic (exact) mass is 269 g/mol. The van der Waals surface area contributed by atoms with E-state index in [0.717, 1.165) is 41.8 Å². The number of anilines is 1. The van der Waals surface area contributed by atoms with Crippen LogP contribution in [0.4, 0.5) is 5.82 Å². The van der Waals surface area contributed by atoms with Gasteiger partial charge in [0.15, 0.2) is 0 Å². The second-order valence-corrected chi connectivity index (χ2v) is 6.80. The molecule has 0 amide bonds. The molecule has 18 heavy (non-hydrogen) atoms. The van der Waals surface area contributed by atoms with Crippen molar-refractivity contribution >= 4 is 17.6 Å². The molecule has 0 aromatic carbocycles. The lowest BCUT2D eigenvalue weighted by molar-refractivity contribution is 0.502. The second-order valence-electron chi connectivity index (χ2n) is 5.41. The van der Waals surface area contributed by atoms with E-state index in [1.807, 2.05) is 11.8 Å². The third-order valence-electron chi connectivity index (χ3n) is 2.86. The van der Waals surface area contributed by atoms with E-state index in [0.29, 0.717) is 11.8 Å². The lowest BCUT2D eigenvalue weighted by Crippen LogP contribution is -2.12. The highest BCUT2D eigenvalue weighted by Crippen LogP contribution is 2.23. The first-order valence-corrected chi connectivity index (χ1v) is 8.05. The van der Waals surface area contributed by atoms with Gasteiger partial charge in [-0.3, -0.25) is 0 Å². The van der Waals surface area contributed by atoms with E-state index in [-0.39, 0.29) is 0 Å². The van der Waals surface area contributed by atoms with Gasteiger partial charge in [0.1, 0.15) is 11.6 Å². The molecule has 0 bridgehead atoms. The SMILES string of the molecule is CCSCCc1nc(C(C)C)n(CC(C)C)c1N. The van der Waals surface area contributed by atoms with E-state index in [9.17, 15) is 0 Å². The van der Waals surface area contributed by atoms with Crippen molar-refractivity contribution in [2.75, 3.05) is 17.2 Å². The van der Waals surface area contributed by atoms with Crippen LogP contribution in [-0.4, -0.2) is 21.1 Å². The zero-order valence-electron chi connectivity index (χ0n) is 12.4. The zero-order chi connectivity index (χ0) is 13.7. The number of nitrogens with two attached hydrogens (primary N) is 1. The minimum Gasteiger partial charge on any atom is -0.384 e. The van der Waals surface area contributed by atoms with Crippen LogP contribution in [0.25, 0.3) is 0 Å². The van der Waals surface area contributed by atoms with Crippen molar-refractivity contribution in [2.45, 2.75) is 53.5 Å². The molecule has 0 aliphatic heterocycles. The van der Waals surface area contributed by atoms with Gasteiger partial charge >= 0.3 is 0 Å². The summed E-state index contributed by atoms with van der Waals surface area (Å²) in [6, 6.07) is 0. The number of aryl methyl sites for hydroxylation is 1. The van der Waals surface area contributed by atoms with Crippen molar-refractivity contribution < 1.29 is 0 Å². The number of nitrogens with zero attached hydrogens (tertiary/aromatic N) is 2. The molecule has 0 aliphatic rings. The predicted octanol–water partition coefficient (Wildman–Crippen LogP) is 3.54. The van der Waals surface area contributed by atoms with Gasteiger partial charge < -0.3 is 10.3 Å². The second kappa shape index (κ2) is 7.07. The summed E-state index contributed by atoms with van der Waals surface area (Å²) >= 11 is 1.94. The molecule has 0 fully saturated rings. The van der Waals surface area contributed by atoms with E-state index in [2.05, 4.69) is 39.2 Å². The normalized spacial score (nSPS) is 11.7. The molecule has 0 saturated heterocycles. The molecule has 1 rings (SSSR count). The number of imidazole rings is 1. The van der Waals surface area contributed by atoms with Crippen LogP contribution >= 0.6 is 11.8 Å². The Morgan fingerprint density at radius 3 is 2.44 bits per heavy atom. The highest BCUT2D eigenvalue weighted by atomic mass is 32.2. The average molecular weight is 269 g/mol. The Morgan fingerprint density at radius 2 is 1.94 bits per heavy atom. The minimum absolute atomic E-state index is 0.429. The van der Waals surface area contributed by atoms with Crippen molar-refractivity contribution in [1.29, 1.82) is 0 Å². The fourth-order valence-electron chi connectivity index (χ4n) is 2.03. The number of thioether (sulfide) groups is 1. The first-order chi connectivity index (χ1) is 8.47. The molecule has 0 saturated carbocycles. The molecule has 1 heterocycles. The highest BCUT2D eigenvalue weighted by Gasteiger charge is 2.17. The molecule has 1 aromatic heterocycles. The Bertz CT molecular complexity index is 369. The standard InChI is InChI=1S/C14H27N3S/c1-6-18-8-7-12-13(15)17(9-10(2)3)14(16-12)11(4)5/h10-11H,6-9,15H2,1-5H3.